The number of rotatable bonds is 4. The number of carbonyl (C=O) groups is 1. The molecule has 4 heteroatoms. The largest absolute Gasteiger partial charge is 0.339 e. The maximum atomic E-state index is 12.3. The molecule has 1 saturated heterocycles. The smallest absolute Gasteiger partial charge is 0.246 e. The summed E-state index contributed by atoms with van der Waals surface area (Å²) in [6, 6.07) is 8.91. The molecule has 1 heterocycles. The molecule has 2 rings (SSSR count). The number of amides is 1. The van der Waals surface area contributed by atoms with Crippen LogP contribution in [0.4, 0.5) is 0 Å². The van der Waals surface area contributed by atoms with Gasteiger partial charge in [0.05, 0.1) is 0 Å². The third kappa shape index (κ3) is 4.68. The zero-order chi connectivity index (χ0) is 16.1. The number of likely N-dealkylation sites (tertiary alicyclic amines) is 1. The van der Waals surface area contributed by atoms with E-state index >= 15 is 0 Å². The van der Waals surface area contributed by atoms with Crippen molar-refractivity contribution in [1.82, 2.24) is 9.80 Å². The van der Waals surface area contributed by atoms with Crippen LogP contribution >= 0.6 is 15.9 Å². The average molecular weight is 365 g/mol. The summed E-state index contributed by atoms with van der Waals surface area (Å²) in [6.45, 7) is 6.62. The van der Waals surface area contributed by atoms with Crippen LogP contribution < -0.4 is 0 Å². The maximum absolute atomic E-state index is 12.3. The minimum absolute atomic E-state index is 0.0888. The molecule has 0 aliphatic carbocycles. The van der Waals surface area contributed by atoms with Crippen LogP contribution in [0.15, 0.2) is 34.8 Å². The van der Waals surface area contributed by atoms with E-state index in [1.165, 1.54) is 0 Å². The second-order valence-corrected chi connectivity index (χ2v) is 7.11. The third-order valence-electron chi connectivity index (χ3n) is 4.41. The first-order chi connectivity index (χ1) is 10.5. The zero-order valence-electron chi connectivity index (χ0n) is 13.6. The number of carbonyl (C=O) groups excluding carboxylic acids is 1. The number of hydrogen-bond donors (Lipinski definition) is 0. The van der Waals surface area contributed by atoms with Crippen molar-refractivity contribution in [1.29, 1.82) is 0 Å². The van der Waals surface area contributed by atoms with Gasteiger partial charge < -0.3 is 9.80 Å². The summed E-state index contributed by atoms with van der Waals surface area (Å²) in [6.07, 6.45) is 5.69. The van der Waals surface area contributed by atoms with Crippen LogP contribution in [0.3, 0.4) is 0 Å². The number of piperidine rings is 1. The van der Waals surface area contributed by atoms with Crippen molar-refractivity contribution in [3.05, 3.63) is 40.4 Å². The van der Waals surface area contributed by atoms with E-state index < -0.39 is 0 Å². The van der Waals surface area contributed by atoms with Crippen molar-refractivity contribution in [3.8, 4) is 0 Å². The van der Waals surface area contributed by atoms with Crippen molar-refractivity contribution in [2.24, 2.45) is 0 Å². The summed E-state index contributed by atoms with van der Waals surface area (Å²) in [7, 11) is 1.92. The van der Waals surface area contributed by atoms with E-state index in [9.17, 15) is 4.79 Å². The molecule has 0 radical (unpaired) electrons. The normalized spacial score (nSPS) is 17.3. The van der Waals surface area contributed by atoms with Gasteiger partial charge in [-0.05, 0) is 50.5 Å². The van der Waals surface area contributed by atoms with Crippen LogP contribution in [-0.2, 0) is 4.79 Å². The molecular weight excluding hydrogens is 340 g/mol. The molecule has 1 aliphatic rings. The Kier molecular flexibility index (Phi) is 6.21. The highest BCUT2D eigenvalue weighted by Crippen LogP contribution is 2.18. The molecule has 0 atom stereocenters. The van der Waals surface area contributed by atoms with Gasteiger partial charge in [0.2, 0.25) is 5.91 Å². The van der Waals surface area contributed by atoms with E-state index in [4.69, 9.17) is 0 Å². The van der Waals surface area contributed by atoms with Gasteiger partial charge in [0.1, 0.15) is 0 Å². The van der Waals surface area contributed by atoms with Crippen LogP contribution in [0.5, 0.6) is 0 Å². The van der Waals surface area contributed by atoms with Gasteiger partial charge in [-0.15, -0.1) is 0 Å². The second kappa shape index (κ2) is 7.93. The van der Waals surface area contributed by atoms with Gasteiger partial charge in [0, 0.05) is 42.8 Å². The molecule has 1 aliphatic heterocycles. The Bertz CT molecular complexity index is 516. The first-order valence-corrected chi connectivity index (χ1v) is 8.71. The van der Waals surface area contributed by atoms with E-state index in [1.807, 2.05) is 42.3 Å². The molecule has 1 amide bonds. The Morgan fingerprint density at radius 3 is 2.41 bits per heavy atom. The Morgan fingerprint density at radius 1 is 1.27 bits per heavy atom. The standard InChI is InChI=1S/C18H25BrN2O/c1-14(2)21-12-10-17(11-13-21)20(3)18(22)9-6-15-4-7-16(19)8-5-15/h4-9,14,17H,10-13H2,1-3H3/b9-6+. The fourth-order valence-corrected chi connectivity index (χ4v) is 3.09. The monoisotopic (exact) mass is 364 g/mol. The molecule has 3 nitrogen and oxygen atoms in total. The van der Waals surface area contributed by atoms with Crippen LogP contribution in [0.1, 0.15) is 32.3 Å². The van der Waals surface area contributed by atoms with Crippen LogP contribution in [0, 0.1) is 0 Å². The fraction of sp³-hybridized carbons (Fsp3) is 0.500. The topological polar surface area (TPSA) is 23.6 Å². The molecule has 1 aromatic rings. The molecule has 1 fully saturated rings. The quantitative estimate of drug-likeness (QED) is 0.758. The molecule has 0 aromatic heterocycles. The van der Waals surface area contributed by atoms with Crippen LogP contribution in [-0.4, -0.2) is 47.9 Å². The highest BCUT2D eigenvalue weighted by Gasteiger charge is 2.25. The summed E-state index contributed by atoms with van der Waals surface area (Å²) in [5, 5.41) is 0. The minimum Gasteiger partial charge on any atom is -0.339 e. The summed E-state index contributed by atoms with van der Waals surface area (Å²) in [4.78, 5) is 16.7. The lowest BCUT2D eigenvalue weighted by molar-refractivity contribution is -0.127. The number of benzene rings is 1. The van der Waals surface area contributed by atoms with Gasteiger partial charge in [-0.1, -0.05) is 28.1 Å². The first kappa shape index (κ1) is 17.2. The lowest BCUT2D eigenvalue weighted by Gasteiger charge is -2.38. The molecule has 0 spiro atoms. The zero-order valence-corrected chi connectivity index (χ0v) is 15.2. The molecule has 0 N–H and O–H groups in total. The second-order valence-electron chi connectivity index (χ2n) is 6.19. The predicted molar refractivity (Wildman–Crippen MR) is 95.7 cm³/mol. The van der Waals surface area contributed by atoms with Gasteiger partial charge in [0.25, 0.3) is 0 Å². The predicted octanol–water partition coefficient (Wildman–Crippen LogP) is 3.79. The molecule has 120 valence electrons. The van der Waals surface area contributed by atoms with E-state index in [1.54, 1.807) is 6.08 Å². The Hall–Kier alpha value is -1.13. The van der Waals surface area contributed by atoms with Crippen molar-refractivity contribution in [3.63, 3.8) is 0 Å². The highest BCUT2D eigenvalue weighted by atomic mass is 79.9. The minimum atomic E-state index is 0.0888. The van der Waals surface area contributed by atoms with E-state index in [-0.39, 0.29) is 5.91 Å². The number of likely N-dealkylation sites (N-methyl/N-ethyl adjacent to an activating group) is 1. The first-order valence-electron chi connectivity index (χ1n) is 7.92. The van der Waals surface area contributed by atoms with Crippen molar-refractivity contribution in [2.75, 3.05) is 20.1 Å². The summed E-state index contributed by atoms with van der Waals surface area (Å²) < 4.78 is 1.05. The summed E-state index contributed by atoms with van der Waals surface area (Å²) in [5.74, 6) is 0.0888. The maximum Gasteiger partial charge on any atom is 0.246 e. The summed E-state index contributed by atoms with van der Waals surface area (Å²) in [5.41, 5.74) is 1.04. The van der Waals surface area contributed by atoms with Crippen LogP contribution in [0.25, 0.3) is 6.08 Å². The van der Waals surface area contributed by atoms with Gasteiger partial charge in [-0.25, -0.2) is 0 Å². The Balaban J connectivity index is 1.88. The highest BCUT2D eigenvalue weighted by molar-refractivity contribution is 9.10. The van der Waals surface area contributed by atoms with Crippen molar-refractivity contribution >= 4 is 27.9 Å². The third-order valence-corrected chi connectivity index (χ3v) is 4.94. The molecule has 1 aromatic carbocycles. The van der Waals surface area contributed by atoms with Gasteiger partial charge >= 0.3 is 0 Å². The lowest BCUT2D eigenvalue weighted by atomic mass is 10.0. The number of nitrogens with zero attached hydrogens (tertiary/aromatic N) is 2. The van der Waals surface area contributed by atoms with Gasteiger partial charge in [-0.2, -0.15) is 0 Å². The lowest BCUT2D eigenvalue weighted by Crippen LogP contribution is -2.47. The van der Waals surface area contributed by atoms with E-state index in [0.717, 1.165) is 36.0 Å². The Morgan fingerprint density at radius 2 is 1.86 bits per heavy atom. The van der Waals surface area contributed by atoms with Crippen LogP contribution in [0.2, 0.25) is 0 Å². The molecular formula is C18H25BrN2O. The SMILES string of the molecule is CC(C)N1CCC(N(C)C(=O)/C=C/c2ccc(Br)cc2)CC1. The fourth-order valence-electron chi connectivity index (χ4n) is 2.83. The van der Waals surface area contributed by atoms with Crippen molar-refractivity contribution in [2.45, 2.75) is 38.8 Å². The Labute approximate surface area is 142 Å². The average Bonchev–Trinajstić information content (AvgIpc) is 2.53. The van der Waals surface area contributed by atoms with E-state index in [0.29, 0.717) is 12.1 Å². The van der Waals surface area contributed by atoms with Crippen molar-refractivity contribution < 1.29 is 4.79 Å². The molecule has 0 unspecified atom stereocenters. The van der Waals surface area contributed by atoms with Gasteiger partial charge in [0.15, 0.2) is 0 Å². The number of halogens is 1. The molecule has 0 saturated carbocycles. The molecule has 22 heavy (non-hydrogen) atoms. The summed E-state index contributed by atoms with van der Waals surface area (Å²) >= 11 is 3.41. The molecule has 0 bridgehead atoms. The van der Waals surface area contributed by atoms with E-state index in [2.05, 4.69) is 34.7 Å². The number of hydrogen-bond acceptors (Lipinski definition) is 2. The van der Waals surface area contributed by atoms with Gasteiger partial charge in [-0.3, -0.25) is 4.79 Å².